The van der Waals surface area contributed by atoms with Gasteiger partial charge < -0.3 is 10.0 Å². The summed E-state index contributed by atoms with van der Waals surface area (Å²) in [6, 6.07) is 3.56. The lowest BCUT2D eigenvalue weighted by Crippen LogP contribution is -2.32. The molecule has 1 heterocycles. The molecule has 0 bridgehead atoms. The molecule has 4 heteroatoms. The number of hydrogen-bond acceptors (Lipinski definition) is 3. The number of rotatable bonds is 6. The molecule has 0 spiro atoms. The molecule has 0 unspecified atom stereocenters. The number of amides is 1. The van der Waals surface area contributed by atoms with Crippen molar-refractivity contribution < 1.29 is 9.90 Å². The van der Waals surface area contributed by atoms with Gasteiger partial charge in [-0.25, -0.2) is 4.98 Å². The van der Waals surface area contributed by atoms with E-state index in [-0.39, 0.29) is 12.5 Å². The molecule has 0 aromatic carbocycles. The zero-order chi connectivity index (χ0) is 14.8. The summed E-state index contributed by atoms with van der Waals surface area (Å²) in [7, 11) is 0. The van der Waals surface area contributed by atoms with Crippen LogP contribution in [-0.4, -0.2) is 40.6 Å². The Morgan fingerprint density at radius 3 is 2.90 bits per heavy atom. The molecule has 20 heavy (non-hydrogen) atoms. The van der Waals surface area contributed by atoms with Gasteiger partial charge in [-0.3, -0.25) is 4.79 Å². The van der Waals surface area contributed by atoms with Gasteiger partial charge in [0.25, 0.3) is 5.91 Å². The highest BCUT2D eigenvalue weighted by molar-refractivity contribution is 5.94. The Morgan fingerprint density at radius 1 is 1.45 bits per heavy atom. The fourth-order valence-corrected chi connectivity index (χ4v) is 1.79. The van der Waals surface area contributed by atoms with Crippen molar-refractivity contribution in [3.05, 3.63) is 29.6 Å². The second kappa shape index (κ2) is 9.11. The molecule has 1 rings (SSSR count). The van der Waals surface area contributed by atoms with E-state index in [0.717, 1.165) is 19.4 Å². The summed E-state index contributed by atoms with van der Waals surface area (Å²) in [5.74, 6) is 5.67. The molecule has 0 fully saturated rings. The highest BCUT2D eigenvalue weighted by atomic mass is 16.2. The number of carbonyl (C=O) groups is 1. The van der Waals surface area contributed by atoms with Gasteiger partial charge in [-0.05, 0) is 25.5 Å². The molecule has 1 N–H and O–H groups in total. The number of hydrogen-bond donors (Lipinski definition) is 1. The van der Waals surface area contributed by atoms with E-state index in [1.165, 1.54) is 0 Å². The van der Waals surface area contributed by atoms with Crippen molar-refractivity contribution in [2.45, 2.75) is 33.1 Å². The lowest BCUT2D eigenvalue weighted by atomic mass is 10.1. The number of nitrogens with zero attached hydrogens (tertiary/aromatic N) is 2. The Labute approximate surface area is 120 Å². The standard InChI is InChI=1S/C16H22N2O2/c1-3-5-12-18(4-2)16(20)15-14(9-6-7-13-19)10-8-11-17-15/h8,10-11,19H,3-5,7,12-13H2,1-2H3. The molecular formula is C16H22N2O2. The van der Waals surface area contributed by atoms with Crippen LogP contribution in [0.25, 0.3) is 0 Å². The number of unbranched alkanes of at least 4 members (excludes halogenated alkanes) is 1. The minimum Gasteiger partial charge on any atom is -0.395 e. The summed E-state index contributed by atoms with van der Waals surface area (Å²) in [5.41, 5.74) is 1.02. The normalized spacial score (nSPS) is 9.75. The summed E-state index contributed by atoms with van der Waals surface area (Å²) in [6.45, 7) is 5.50. The predicted octanol–water partition coefficient (Wildman–Crippen LogP) is 2.08. The summed E-state index contributed by atoms with van der Waals surface area (Å²) < 4.78 is 0. The molecule has 0 aliphatic carbocycles. The first-order chi connectivity index (χ1) is 9.74. The van der Waals surface area contributed by atoms with Crippen molar-refractivity contribution in [2.75, 3.05) is 19.7 Å². The van der Waals surface area contributed by atoms with E-state index in [2.05, 4.69) is 23.7 Å². The number of aliphatic hydroxyl groups excluding tert-OH is 1. The zero-order valence-electron chi connectivity index (χ0n) is 12.2. The summed E-state index contributed by atoms with van der Waals surface area (Å²) in [4.78, 5) is 18.5. The van der Waals surface area contributed by atoms with Gasteiger partial charge in [0.15, 0.2) is 0 Å². The van der Waals surface area contributed by atoms with Crippen LogP contribution in [0, 0.1) is 11.8 Å². The van der Waals surface area contributed by atoms with Crippen LogP contribution in [0.3, 0.4) is 0 Å². The van der Waals surface area contributed by atoms with Crippen LogP contribution in [0.4, 0.5) is 0 Å². The van der Waals surface area contributed by atoms with Gasteiger partial charge in [-0.1, -0.05) is 25.2 Å². The van der Waals surface area contributed by atoms with E-state index >= 15 is 0 Å². The number of carbonyl (C=O) groups excluding carboxylic acids is 1. The highest BCUT2D eigenvalue weighted by Crippen LogP contribution is 2.09. The van der Waals surface area contributed by atoms with Crippen LogP contribution in [0.1, 0.15) is 49.2 Å². The maximum absolute atomic E-state index is 12.5. The summed E-state index contributed by atoms with van der Waals surface area (Å²) >= 11 is 0. The minimum atomic E-state index is -0.0742. The molecule has 1 amide bonds. The smallest absolute Gasteiger partial charge is 0.273 e. The van der Waals surface area contributed by atoms with E-state index in [0.29, 0.717) is 24.2 Å². The monoisotopic (exact) mass is 274 g/mol. The fourth-order valence-electron chi connectivity index (χ4n) is 1.79. The van der Waals surface area contributed by atoms with E-state index in [1.54, 1.807) is 23.2 Å². The Hall–Kier alpha value is -1.86. The van der Waals surface area contributed by atoms with E-state index < -0.39 is 0 Å². The SMILES string of the molecule is CCCCN(CC)C(=O)c1ncccc1C#CCCO. The first-order valence-corrected chi connectivity index (χ1v) is 7.08. The van der Waals surface area contributed by atoms with Crippen LogP contribution in [0.15, 0.2) is 18.3 Å². The van der Waals surface area contributed by atoms with Crippen molar-refractivity contribution in [2.24, 2.45) is 0 Å². The number of pyridine rings is 1. The molecule has 0 saturated heterocycles. The maximum Gasteiger partial charge on any atom is 0.273 e. The molecule has 0 aliphatic heterocycles. The predicted molar refractivity (Wildman–Crippen MR) is 79.3 cm³/mol. The highest BCUT2D eigenvalue weighted by Gasteiger charge is 2.17. The Kier molecular flexibility index (Phi) is 7.38. The largest absolute Gasteiger partial charge is 0.395 e. The van der Waals surface area contributed by atoms with Crippen molar-refractivity contribution in [3.63, 3.8) is 0 Å². The molecule has 4 nitrogen and oxygen atoms in total. The van der Waals surface area contributed by atoms with Gasteiger partial charge in [0, 0.05) is 25.7 Å². The van der Waals surface area contributed by atoms with Crippen LogP contribution in [-0.2, 0) is 0 Å². The third-order valence-corrected chi connectivity index (χ3v) is 2.92. The minimum absolute atomic E-state index is 0.0220. The van der Waals surface area contributed by atoms with Gasteiger partial charge >= 0.3 is 0 Å². The molecule has 0 saturated carbocycles. The first-order valence-electron chi connectivity index (χ1n) is 7.08. The maximum atomic E-state index is 12.5. The Balaban J connectivity index is 2.94. The third-order valence-electron chi connectivity index (χ3n) is 2.92. The van der Waals surface area contributed by atoms with Gasteiger partial charge in [0.1, 0.15) is 5.69 Å². The molecule has 1 aromatic rings. The summed E-state index contributed by atoms with van der Waals surface area (Å²) in [5, 5.41) is 8.75. The number of aliphatic hydroxyl groups is 1. The molecule has 108 valence electrons. The van der Waals surface area contributed by atoms with Gasteiger partial charge in [0.2, 0.25) is 0 Å². The van der Waals surface area contributed by atoms with Crippen LogP contribution in [0.2, 0.25) is 0 Å². The molecular weight excluding hydrogens is 252 g/mol. The Morgan fingerprint density at radius 2 is 2.25 bits per heavy atom. The van der Waals surface area contributed by atoms with Crippen molar-refractivity contribution >= 4 is 5.91 Å². The topological polar surface area (TPSA) is 53.4 Å². The first kappa shape index (κ1) is 16.2. The van der Waals surface area contributed by atoms with Gasteiger partial charge in [-0.2, -0.15) is 0 Å². The fraction of sp³-hybridized carbons (Fsp3) is 0.500. The van der Waals surface area contributed by atoms with Gasteiger partial charge in [0.05, 0.1) is 12.2 Å². The third kappa shape index (κ3) is 4.67. The second-order valence-corrected chi connectivity index (χ2v) is 4.41. The second-order valence-electron chi connectivity index (χ2n) is 4.41. The molecule has 0 radical (unpaired) electrons. The van der Waals surface area contributed by atoms with Crippen LogP contribution < -0.4 is 0 Å². The van der Waals surface area contributed by atoms with Crippen LogP contribution >= 0.6 is 0 Å². The Bertz CT molecular complexity index is 489. The molecule has 0 atom stereocenters. The lowest BCUT2D eigenvalue weighted by molar-refractivity contribution is 0.0756. The van der Waals surface area contributed by atoms with Crippen molar-refractivity contribution in [3.8, 4) is 11.8 Å². The van der Waals surface area contributed by atoms with E-state index in [9.17, 15) is 4.79 Å². The van der Waals surface area contributed by atoms with Crippen molar-refractivity contribution in [1.82, 2.24) is 9.88 Å². The van der Waals surface area contributed by atoms with E-state index in [1.807, 2.05) is 6.92 Å². The quantitative estimate of drug-likeness (QED) is 0.808. The van der Waals surface area contributed by atoms with Crippen molar-refractivity contribution in [1.29, 1.82) is 0 Å². The van der Waals surface area contributed by atoms with Gasteiger partial charge in [-0.15, -0.1) is 0 Å². The average Bonchev–Trinajstić information content (AvgIpc) is 2.48. The van der Waals surface area contributed by atoms with E-state index in [4.69, 9.17) is 5.11 Å². The molecule has 1 aromatic heterocycles. The number of aromatic nitrogens is 1. The average molecular weight is 274 g/mol. The lowest BCUT2D eigenvalue weighted by Gasteiger charge is -2.20. The zero-order valence-corrected chi connectivity index (χ0v) is 12.2. The molecule has 0 aliphatic rings. The van der Waals surface area contributed by atoms with Crippen LogP contribution in [0.5, 0.6) is 0 Å². The summed E-state index contributed by atoms with van der Waals surface area (Å²) in [6.07, 6.45) is 4.04.